The molecule has 2 rings (SSSR count). The number of halogens is 1. The summed E-state index contributed by atoms with van der Waals surface area (Å²) in [5.41, 5.74) is 1.34. The Morgan fingerprint density at radius 2 is 2.24 bits per heavy atom. The van der Waals surface area contributed by atoms with Crippen LogP contribution in [0.25, 0.3) is 0 Å². The number of carbonyl (C=O) groups is 1. The van der Waals surface area contributed by atoms with Crippen LogP contribution in [0.1, 0.15) is 18.9 Å². The smallest absolute Gasteiger partial charge is 0.229 e. The zero-order valence-electron chi connectivity index (χ0n) is 10.1. The summed E-state index contributed by atoms with van der Waals surface area (Å²) in [7, 11) is 0. The van der Waals surface area contributed by atoms with E-state index in [1.165, 1.54) is 12.1 Å². The van der Waals surface area contributed by atoms with Crippen LogP contribution < -0.4 is 10.6 Å². The van der Waals surface area contributed by atoms with Gasteiger partial charge in [-0.2, -0.15) is 0 Å². The van der Waals surface area contributed by atoms with E-state index in [4.69, 9.17) is 0 Å². The lowest BCUT2D eigenvalue weighted by molar-refractivity contribution is -0.119. The molecule has 0 saturated carbocycles. The molecule has 1 amide bonds. The summed E-state index contributed by atoms with van der Waals surface area (Å²) in [6.45, 7) is 4.66. The van der Waals surface area contributed by atoms with Crippen LogP contribution in [-0.2, 0) is 4.79 Å². The molecule has 0 aliphatic carbocycles. The minimum Gasteiger partial charge on any atom is -0.326 e. The third kappa shape index (κ3) is 2.82. The predicted molar refractivity (Wildman–Crippen MR) is 65.3 cm³/mol. The maximum atomic E-state index is 13.2. The zero-order valence-corrected chi connectivity index (χ0v) is 10.1. The van der Waals surface area contributed by atoms with Crippen molar-refractivity contribution in [1.82, 2.24) is 5.32 Å². The third-order valence-corrected chi connectivity index (χ3v) is 3.17. The van der Waals surface area contributed by atoms with Crippen LogP contribution in [0.5, 0.6) is 0 Å². The minimum absolute atomic E-state index is 0.0291. The maximum Gasteiger partial charge on any atom is 0.229 e. The SMILES string of the molecule is Cc1cc(F)cc(NC(=O)C2CCNC2C)c1. The Balaban J connectivity index is 2.07. The van der Waals surface area contributed by atoms with Gasteiger partial charge in [-0.1, -0.05) is 0 Å². The van der Waals surface area contributed by atoms with Crippen molar-refractivity contribution in [3.8, 4) is 0 Å². The van der Waals surface area contributed by atoms with Crippen LogP contribution in [0.15, 0.2) is 18.2 Å². The number of anilines is 1. The summed E-state index contributed by atoms with van der Waals surface area (Å²) < 4.78 is 13.2. The first kappa shape index (κ1) is 12.0. The molecular weight excluding hydrogens is 219 g/mol. The average molecular weight is 236 g/mol. The van der Waals surface area contributed by atoms with Gasteiger partial charge in [-0.25, -0.2) is 4.39 Å². The van der Waals surface area contributed by atoms with Crippen molar-refractivity contribution in [3.63, 3.8) is 0 Å². The Kier molecular flexibility index (Phi) is 3.43. The highest BCUT2D eigenvalue weighted by Crippen LogP contribution is 2.19. The lowest BCUT2D eigenvalue weighted by Crippen LogP contribution is -2.32. The van der Waals surface area contributed by atoms with Gasteiger partial charge in [0.25, 0.3) is 0 Å². The topological polar surface area (TPSA) is 41.1 Å². The van der Waals surface area contributed by atoms with Crippen molar-refractivity contribution in [2.24, 2.45) is 5.92 Å². The van der Waals surface area contributed by atoms with Crippen LogP contribution in [0.2, 0.25) is 0 Å². The zero-order chi connectivity index (χ0) is 12.4. The van der Waals surface area contributed by atoms with Gasteiger partial charge in [0, 0.05) is 11.7 Å². The van der Waals surface area contributed by atoms with E-state index in [1.807, 2.05) is 6.92 Å². The number of benzene rings is 1. The Bertz CT molecular complexity index is 413. The van der Waals surface area contributed by atoms with Crippen LogP contribution in [0, 0.1) is 18.7 Å². The fourth-order valence-corrected chi connectivity index (χ4v) is 2.26. The summed E-state index contributed by atoms with van der Waals surface area (Å²) in [4.78, 5) is 12.0. The van der Waals surface area contributed by atoms with Gasteiger partial charge in [0.15, 0.2) is 0 Å². The normalized spacial score (nSPS) is 23.7. The molecule has 0 aromatic heterocycles. The Labute approximate surface area is 100 Å². The Hall–Kier alpha value is -1.42. The van der Waals surface area contributed by atoms with Crippen LogP contribution in [0.3, 0.4) is 0 Å². The van der Waals surface area contributed by atoms with Crippen molar-refractivity contribution in [2.45, 2.75) is 26.3 Å². The summed E-state index contributed by atoms with van der Waals surface area (Å²) in [6.07, 6.45) is 0.835. The third-order valence-electron chi connectivity index (χ3n) is 3.17. The van der Waals surface area contributed by atoms with E-state index in [-0.39, 0.29) is 23.7 Å². The average Bonchev–Trinajstić information content (AvgIpc) is 2.62. The lowest BCUT2D eigenvalue weighted by Gasteiger charge is -2.15. The largest absolute Gasteiger partial charge is 0.326 e. The molecule has 1 aliphatic heterocycles. The molecule has 1 aromatic rings. The van der Waals surface area contributed by atoms with Gasteiger partial charge in [-0.05, 0) is 50.6 Å². The highest BCUT2D eigenvalue weighted by atomic mass is 19.1. The Morgan fingerprint density at radius 1 is 1.47 bits per heavy atom. The predicted octanol–water partition coefficient (Wildman–Crippen LogP) is 2.07. The first-order chi connectivity index (χ1) is 8.06. The van der Waals surface area contributed by atoms with Crippen molar-refractivity contribution < 1.29 is 9.18 Å². The van der Waals surface area contributed by atoms with E-state index >= 15 is 0 Å². The summed E-state index contributed by atoms with van der Waals surface area (Å²) in [6, 6.07) is 4.74. The minimum atomic E-state index is -0.321. The van der Waals surface area contributed by atoms with Gasteiger partial charge in [0.1, 0.15) is 5.82 Å². The molecule has 4 heteroatoms. The second-order valence-electron chi connectivity index (χ2n) is 4.64. The van der Waals surface area contributed by atoms with Gasteiger partial charge in [0.05, 0.1) is 5.92 Å². The second-order valence-corrected chi connectivity index (χ2v) is 4.64. The molecule has 1 heterocycles. The van der Waals surface area contributed by atoms with Crippen molar-refractivity contribution in [2.75, 3.05) is 11.9 Å². The molecule has 1 aliphatic rings. The first-order valence-electron chi connectivity index (χ1n) is 5.87. The molecule has 0 bridgehead atoms. The van der Waals surface area contributed by atoms with Crippen LogP contribution in [-0.4, -0.2) is 18.5 Å². The maximum absolute atomic E-state index is 13.2. The van der Waals surface area contributed by atoms with Crippen LogP contribution in [0.4, 0.5) is 10.1 Å². The fourth-order valence-electron chi connectivity index (χ4n) is 2.26. The van der Waals surface area contributed by atoms with Gasteiger partial charge in [-0.15, -0.1) is 0 Å². The van der Waals surface area contributed by atoms with E-state index in [1.54, 1.807) is 13.0 Å². The molecule has 0 radical (unpaired) electrons. The molecule has 17 heavy (non-hydrogen) atoms. The summed E-state index contributed by atoms with van der Waals surface area (Å²) in [5.74, 6) is -0.385. The monoisotopic (exact) mass is 236 g/mol. The van der Waals surface area contributed by atoms with Crippen molar-refractivity contribution in [1.29, 1.82) is 0 Å². The molecule has 1 fully saturated rings. The highest BCUT2D eigenvalue weighted by molar-refractivity contribution is 5.93. The quantitative estimate of drug-likeness (QED) is 0.825. The van der Waals surface area contributed by atoms with E-state index in [0.29, 0.717) is 5.69 Å². The molecule has 2 N–H and O–H groups in total. The van der Waals surface area contributed by atoms with Gasteiger partial charge in [0.2, 0.25) is 5.91 Å². The van der Waals surface area contributed by atoms with E-state index < -0.39 is 0 Å². The molecule has 0 spiro atoms. The molecule has 1 aromatic carbocycles. The summed E-state index contributed by atoms with van der Waals surface area (Å²) in [5, 5.41) is 6.00. The van der Waals surface area contributed by atoms with E-state index in [9.17, 15) is 9.18 Å². The summed E-state index contributed by atoms with van der Waals surface area (Å²) >= 11 is 0. The molecule has 2 atom stereocenters. The number of hydrogen-bond donors (Lipinski definition) is 2. The van der Waals surface area contributed by atoms with E-state index in [0.717, 1.165) is 18.5 Å². The molecule has 1 saturated heterocycles. The van der Waals surface area contributed by atoms with Crippen molar-refractivity contribution in [3.05, 3.63) is 29.6 Å². The standard InChI is InChI=1S/C13H17FN2O/c1-8-5-10(14)7-11(6-8)16-13(17)12-3-4-15-9(12)2/h5-7,9,12,15H,3-4H2,1-2H3,(H,16,17). The number of carbonyl (C=O) groups excluding carboxylic acids is 1. The van der Waals surface area contributed by atoms with Gasteiger partial charge in [-0.3, -0.25) is 4.79 Å². The first-order valence-corrected chi connectivity index (χ1v) is 5.87. The number of amides is 1. The number of rotatable bonds is 2. The number of nitrogens with one attached hydrogen (secondary N) is 2. The molecular formula is C13H17FN2O. The van der Waals surface area contributed by atoms with Gasteiger partial charge < -0.3 is 10.6 Å². The molecule has 92 valence electrons. The molecule has 2 unspecified atom stereocenters. The van der Waals surface area contributed by atoms with Crippen molar-refractivity contribution >= 4 is 11.6 Å². The highest BCUT2D eigenvalue weighted by Gasteiger charge is 2.29. The second kappa shape index (κ2) is 4.84. The Morgan fingerprint density at radius 3 is 2.82 bits per heavy atom. The number of hydrogen-bond acceptors (Lipinski definition) is 2. The molecule has 3 nitrogen and oxygen atoms in total. The number of aryl methyl sites for hydroxylation is 1. The lowest BCUT2D eigenvalue weighted by atomic mass is 10.0. The van der Waals surface area contributed by atoms with E-state index in [2.05, 4.69) is 10.6 Å². The van der Waals surface area contributed by atoms with Crippen LogP contribution >= 0.6 is 0 Å². The fraction of sp³-hybridized carbons (Fsp3) is 0.462. The van der Waals surface area contributed by atoms with Gasteiger partial charge >= 0.3 is 0 Å².